The zero-order valence-corrected chi connectivity index (χ0v) is 80.9. The summed E-state index contributed by atoms with van der Waals surface area (Å²) in [6.07, 6.45) is -14.0. The molecule has 27 nitrogen and oxygen atoms in total. The summed E-state index contributed by atoms with van der Waals surface area (Å²) in [6, 6.07) is 8.48. The second kappa shape index (κ2) is 40.3. The van der Waals surface area contributed by atoms with E-state index < -0.39 is 183 Å². The van der Waals surface area contributed by atoms with Crippen LogP contribution in [0.15, 0.2) is 85.4 Å². The van der Waals surface area contributed by atoms with Crippen molar-refractivity contribution in [2.75, 3.05) is 16.0 Å². The van der Waals surface area contributed by atoms with Gasteiger partial charge in [-0.1, -0.05) is 140 Å². The first-order valence-electron chi connectivity index (χ1n) is 40.0. The number of carbonyl (C=O) groups excluding carboxylic acids is 3. The van der Waals surface area contributed by atoms with Gasteiger partial charge in [0.2, 0.25) is 0 Å². The van der Waals surface area contributed by atoms with Crippen LogP contribution in [-0.4, -0.2) is 107 Å². The monoisotopic (exact) mass is 1970 g/mol. The number of rotatable bonds is 26. The number of sulfonamides is 3. The Morgan fingerprint density at radius 2 is 0.638 bits per heavy atom. The van der Waals surface area contributed by atoms with Crippen LogP contribution in [0.2, 0.25) is 18.1 Å². The lowest BCUT2D eigenvalue weighted by atomic mass is 9.93. The normalized spacial score (nSPS) is 13.0. The molecule has 0 aliphatic heterocycles. The lowest BCUT2D eigenvalue weighted by Crippen LogP contribution is -2.40. The molecule has 130 heavy (non-hydrogen) atoms. The second-order valence-electron chi connectivity index (χ2n) is 35.0. The summed E-state index contributed by atoms with van der Waals surface area (Å²) in [4.78, 5) is 64.4. The molecular formula is C84H104F12N12O15S6Si. The van der Waals surface area contributed by atoms with Crippen molar-refractivity contribution in [3.8, 4) is 33.8 Å². The van der Waals surface area contributed by atoms with E-state index in [4.69, 9.17) is 4.43 Å². The Bertz CT molecular complexity index is 5820. The van der Waals surface area contributed by atoms with Gasteiger partial charge < -0.3 is 45.9 Å². The molecule has 0 unspecified atom stereocenters. The average Bonchev–Trinajstić information content (AvgIpc) is 1.10. The number of halogens is 12. The average molecular weight is 1970 g/mol. The summed E-state index contributed by atoms with van der Waals surface area (Å²) in [5.41, 5.74) is -9.59. The van der Waals surface area contributed by atoms with E-state index in [1.807, 2.05) is 48.0 Å². The van der Waals surface area contributed by atoms with Crippen LogP contribution < -0.4 is 30.1 Å². The standard InChI is InChI=1S/C32H44F4N4O5S2Si.2C26H30F4N4O5S2/c1-17(2)22-23(33)25(19-13-12-14-20(15-19)32(34,35)36)38-24(18(3)4)26(22)39-29(41)40-47(43,44)27-21(37-28(46-27)31(8,9)42)16-45-48(10,11)30(5,6)7;2*1-12(2)17-18(27)20(14-8-7-9-15(10-14)26(28,29)30)32-19(13(3)4)21(17)33-24(36)34-41(38,39)22-16(11-35)31-23(40-22)25(5,6)37/h12-15,17-18,42H,16H2,1-11H3,(H2,39,40,41);2*7-10,12-13,35,37H,11H2,1-6H3,(H2,33,34,36). The van der Waals surface area contributed by atoms with Crippen molar-refractivity contribution < 1.29 is 122 Å². The Balaban J connectivity index is 0.000000268. The molecule has 0 aliphatic carbocycles. The third kappa shape index (κ3) is 25.8. The van der Waals surface area contributed by atoms with Crippen LogP contribution in [0.1, 0.15) is 263 Å². The molecule has 6 amide bonds. The first-order valence-corrected chi connectivity index (χ1v) is 49.8. The minimum Gasteiger partial charge on any atom is -0.411 e. The van der Waals surface area contributed by atoms with Gasteiger partial charge in [-0.2, -0.15) is 39.5 Å². The van der Waals surface area contributed by atoms with Gasteiger partial charge in [0.05, 0.1) is 87.7 Å². The topological polar surface area (TPSA) is 414 Å². The number of hydrogen-bond acceptors (Lipinski definition) is 24. The highest BCUT2D eigenvalue weighted by molar-refractivity contribution is 7.93. The van der Waals surface area contributed by atoms with Gasteiger partial charge in [-0.25, -0.2) is 96.9 Å². The van der Waals surface area contributed by atoms with E-state index in [9.17, 15) is 105 Å². The number of nitrogens with one attached hydrogen (secondary N) is 6. The Morgan fingerprint density at radius 3 is 0.846 bits per heavy atom. The van der Waals surface area contributed by atoms with Crippen molar-refractivity contribution in [3.63, 3.8) is 0 Å². The summed E-state index contributed by atoms with van der Waals surface area (Å²) in [7, 11) is -16.2. The number of benzene rings is 3. The van der Waals surface area contributed by atoms with Crippen molar-refractivity contribution in [2.45, 2.75) is 267 Å². The van der Waals surface area contributed by atoms with Gasteiger partial charge in [-0.3, -0.25) is 0 Å². The third-order valence-corrected chi connectivity index (χ3v) is 34.1. The molecule has 0 bridgehead atoms. The summed E-state index contributed by atoms with van der Waals surface area (Å²) in [5.74, 6) is -6.11. The number of anilines is 3. The number of amides is 6. The number of pyridine rings is 3. The molecule has 0 aliphatic rings. The number of nitrogens with zero attached hydrogens (tertiary/aromatic N) is 6. The lowest BCUT2D eigenvalue weighted by Gasteiger charge is -2.36. The lowest BCUT2D eigenvalue weighted by molar-refractivity contribution is -0.138. The fraction of sp³-hybridized carbons (Fsp3) is 0.464. The molecule has 0 fully saturated rings. The Labute approximate surface area is 758 Å². The zero-order chi connectivity index (χ0) is 98.9. The SMILES string of the molecule is CC(C)c1nc(-c2cccc(C(F)(F)F)c2)c(F)c(C(C)C)c1NC(=O)NS(=O)(=O)c1sc(C(C)(C)O)nc1CO.CC(C)c1nc(-c2cccc(C(F)(F)F)c2)c(F)c(C(C)C)c1NC(=O)NS(=O)(=O)c1sc(C(C)(C)O)nc1CO.CC(C)c1nc(-c2cccc(C(F)(F)F)c2)c(F)c(C(C)C)c1NC(=O)NS(=O)(=O)c1sc(C(C)(C)O)nc1CO[Si](C)(C)C(C)(C)C. The van der Waals surface area contributed by atoms with Gasteiger partial charge in [0.25, 0.3) is 30.1 Å². The van der Waals surface area contributed by atoms with Crippen LogP contribution in [0.25, 0.3) is 33.8 Å². The van der Waals surface area contributed by atoms with Crippen LogP contribution in [0, 0.1) is 17.5 Å². The van der Waals surface area contributed by atoms with Crippen molar-refractivity contribution >= 4 is 108 Å². The van der Waals surface area contributed by atoms with Crippen LogP contribution >= 0.6 is 34.0 Å². The van der Waals surface area contributed by atoms with Gasteiger partial charge >= 0.3 is 36.6 Å². The Kier molecular flexibility index (Phi) is 33.4. The van der Waals surface area contributed by atoms with Crippen LogP contribution in [0.4, 0.5) is 84.1 Å². The molecule has 0 saturated carbocycles. The third-order valence-electron chi connectivity index (χ3n) is 19.7. The smallest absolute Gasteiger partial charge is 0.411 e. The van der Waals surface area contributed by atoms with Gasteiger partial charge in [0.1, 0.15) is 48.9 Å². The fourth-order valence-electron chi connectivity index (χ4n) is 12.3. The predicted molar refractivity (Wildman–Crippen MR) is 472 cm³/mol. The number of aliphatic hydroxyl groups is 5. The molecule has 714 valence electrons. The second-order valence-corrected chi connectivity index (χ2v) is 48.4. The van der Waals surface area contributed by atoms with Gasteiger partial charge in [-0.05, 0) is 132 Å². The van der Waals surface area contributed by atoms with Crippen molar-refractivity contribution in [2.24, 2.45) is 0 Å². The molecule has 6 heterocycles. The van der Waals surface area contributed by atoms with Crippen molar-refractivity contribution in [3.05, 3.63) is 173 Å². The summed E-state index contributed by atoms with van der Waals surface area (Å²) >= 11 is 1.82. The first kappa shape index (κ1) is 108. The summed E-state index contributed by atoms with van der Waals surface area (Å²) in [6.45, 7) is 36.4. The molecule has 6 aromatic heterocycles. The predicted octanol–water partition coefficient (Wildman–Crippen LogP) is 20.5. The molecule has 0 atom stereocenters. The van der Waals surface area contributed by atoms with Gasteiger partial charge in [0, 0.05) is 33.4 Å². The van der Waals surface area contributed by atoms with Gasteiger partial charge in [0.15, 0.2) is 38.4 Å². The highest BCUT2D eigenvalue weighted by Crippen LogP contribution is 2.46. The number of aromatic nitrogens is 6. The molecule has 0 saturated heterocycles. The number of thiazole rings is 3. The molecular weight excluding hydrogens is 1870 g/mol. The Morgan fingerprint density at radius 1 is 0.400 bits per heavy atom. The van der Waals surface area contributed by atoms with Crippen LogP contribution in [0.3, 0.4) is 0 Å². The van der Waals surface area contributed by atoms with Crippen molar-refractivity contribution in [1.82, 2.24) is 44.1 Å². The molecule has 0 radical (unpaired) electrons. The fourth-order valence-corrected chi connectivity index (χ4v) is 20.5. The zero-order valence-electron chi connectivity index (χ0n) is 75.0. The number of hydrogen-bond donors (Lipinski definition) is 11. The summed E-state index contributed by atoms with van der Waals surface area (Å²) in [5, 5.41) is 57.2. The van der Waals surface area contributed by atoms with Crippen LogP contribution in [0.5, 0.6) is 0 Å². The van der Waals surface area contributed by atoms with E-state index in [-0.39, 0.29) is 133 Å². The molecule has 11 N–H and O–H groups in total. The quantitative estimate of drug-likeness (QED) is 0.0177. The summed E-state index contributed by atoms with van der Waals surface area (Å²) < 4.78 is 258. The maximum absolute atomic E-state index is 16.2. The van der Waals surface area contributed by atoms with E-state index in [0.717, 1.165) is 54.6 Å². The van der Waals surface area contributed by atoms with Crippen molar-refractivity contribution in [1.29, 1.82) is 0 Å². The molecule has 46 heteroatoms. The largest absolute Gasteiger partial charge is 0.416 e. The number of urea groups is 3. The highest BCUT2D eigenvalue weighted by atomic mass is 32.3. The van der Waals surface area contributed by atoms with E-state index in [2.05, 4.69) is 45.9 Å². The van der Waals surface area contributed by atoms with E-state index >= 15 is 13.2 Å². The van der Waals surface area contributed by atoms with Crippen LogP contribution in [-0.2, 0) is 89.6 Å². The van der Waals surface area contributed by atoms with E-state index in [1.165, 1.54) is 59.7 Å². The maximum atomic E-state index is 16.2. The van der Waals surface area contributed by atoms with E-state index in [0.29, 0.717) is 34.0 Å². The van der Waals surface area contributed by atoms with Gasteiger partial charge in [-0.15, -0.1) is 34.0 Å². The minimum absolute atomic E-state index is 0.0111. The number of aliphatic hydroxyl groups excluding tert-OH is 2. The first-order chi connectivity index (χ1) is 59.2. The number of alkyl halides is 9. The minimum atomic E-state index is -4.67. The molecule has 3 aromatic carbocycles. The van der Waals surface area contributed by atoms with E-state index in [1.54, 1.807) is 83.1 Å². The Hall–Kier alpha value is -9.20. The maximum Gasteiger partial charge on any atom is 0.416 e. The molecule has 9 rings (SSSR count). The molecule has 9 aromatic rings. The molecule has 0 spiro atoms. The number of carbonyl (C=O) groups is 3. The highest BCUT2D eigenvalue weighted by Gasteiger charge is 2.42.